The predicted molar refractivity (Wildman–Crippen MR) is 69.1 cm³/mol. The number of aliphatic carboxylic acids is 1. The molecule has 3 nitrogen and oxygen atoms in total. The Morgan fingerprint density at radius 1 is 1.35 bits per heavy atom. The number of nitrogens with one attached hydrogen (secondary N) is 1. The molecule has 94 valence electrons. The highest BCUT2D eigenvalue weighted by Crippen LogP contribution is 2.04. The number of aryl methyl sites for hydroxylation is 1. The maximum Gasteiger partial charge on any atom is 0.303 e. The Morgan fingerprint density at radius 3 is 2.71 bits per heavy atom. The predicted octanol–water partition coefficient (Wildman–Crippen LogP) is 2.46. The molecule has 0 saturated heterocycles. The molecule has 0 saturated carbocycles. The van der Waals surface area contributed by atoms with E-state index in [4.69, 9.17) is 5.11 Å². The molecule has 2 N–H and O–H groups in total. The number of hydrogen-bond donors (Lipinski definition) is 2. The molecule has 0 bridgehead atoms. The Hall–Kier alpha value is -1.35. The third kappa shape index (κ3) is 6.74. The van der Waals surface area contributed by atoms with Crippen LogP contribution in [0.4, 0.5) is 0 Å². The quantitative estimate of drug-likeness (QED) is 0.680. The van der Waals surface area contributed by atoms with E-state index in [1.165, 1.54) is 5.56 Å². The largest absolute Gasteiger partial charge is 0.481 e. The normalized spacial score (nSPS) is 12.3. The van der Waals surface area contributed by atoms with Gasteiger partial charge in [-0.15, -0.1) is 0 Å². The molecule has 0 heterocycles. The van der Waals surface area contributed by atoms with E-state index in [1.54, 1.807) is 0 Å². The second-order valence-corrected chi connectivity index (χ2v) is 4.38. The molecule has 0 aromatic heterocycles. The van der Waals surface area contributed by atoms with Gasteiger partial charge in [0.2, 0.25) is 0 Å². The van der Waals surface area contributed by atoms with E-state index in [2.05, 4.69) is 36.5 Å². The number of carboxylic acids is 1. The monoisotopic (exact) mass is 235 g/mol. The van der Waals surface area contributed by atoms with Crippen molar-refractivity contribution in [1.82, 2.24) is 5.32 Å². The van der Waals surface area contributed by atoms with Gasteiger partial charge in [-0.3, -0.25) is 4.79 Å². The van der Waals surface area contributed by atoms with Crippen molar-refractivity contribution >= 4 is 5.97 Å². The maximum atomic E-state index is 10.3. The summed E-state index contributed by atoms with van der Waals surface area (Å²) in [5.41, 5.74) is 1.35. The lowest BCUT2D eigenvalue weighted by molar-refractivity contribution is -0.137. The van der Waals surface area contributed by atoms with Crippen molar-refractivity contribution in [2.45, 2.75) is 38.6 Å². The van der Waals surface area contributed by atoms with E-state index in [0.29, 0.717) is 12.5 Å². The second-order valence-electron chi connectivity index (χ2n) is 4.38. The van der Waals surface area contributed by atoms with Crippen molar-refractivity contribution < 1.29 is 9.90 Å². The molecule has 0 amide bonds. The standard InChI is InChI=1S/C14H21NO2/c1-12(15-11-5-8-14(16)17)9-10-13-6-3-2-4-7-13/h2-4,6-7,12,15H,5,8-11H2,1H3,(H,16,17). The molecule has 1 unspecified atom stereocenters. The number of rotatable bonds is 8. The Kier molecular flexibility index (Phi) is 6.33. The third-order valence-corrected chi connectivity index (χ3v) is 2.77. The third-order valence-electron chi connectivity index (χ3n) is 2.77. The van der Waals surface area contributed by atoms with Gasteiger partial charge in [0.25, 0.3) is 0 Å². The summed E-state index contributed by atoms with van der Waals surface area (Å²) in [6.45, 7) is 2.92. The first kappa shape index (κ1) is 13.7. The Labute approximate surface area is 103 Å². The van der Waals surface area contributed by atoms with Crippen molar-refractivity contribution in [2.75, 3.05) is 6.54 Å². The number of carbonyl (C=O) groups is 1. The van der Waals surface area contributed by atoms with Crippen LogP contribution in [0.15, 0.2) is 30.3 Å². The van der Waals surface area contributed by atoms with Crippen LogP contribution in [0.5, 0.6) is 0 Å². The van der Waals surface area contributed by atoms with Crippen LogP contribution in [-0.2, 0) is 11.2 Å². The molecule has 0 spiro atoms. The van der Waals surface area contributed by atoms with Crippen LogP contribution in [0, 0.1) is 0 Å². The van der Waals surface area contributed by atoms with Crippen molar-refractivity contribution in [1.29, 1.82) is 0 Å². The van der Waals surface area contributed by atoms with Gasteiger partial charge in [-0.05, 0) is 38.3 Å². The minimum Gasteiger partial charge on any atom is -0.481 e. The van der Waals surface area contributed by atoms with Gasteiger partial charge < -0.3 is 10.4 Å². The van der Waals surface area contributed by atoms with Gasteiger partial charge in [0.15, 0.2) is 0 Å². The fourth-order valence-electron chi connectivity index (χ4n) is 1.72. The van der Waals surface area contributed by atoms with E-state index in [1.807, 2.05) is 6.07 Å². The minimum absolute atomic E-state index is 0.248. The van der Waals surface area contributed by atoms with Crippen molar-refractivity contribution in [2.24, 2.45) is 0 Å². The van der Waals surface area contributed by atoms with Crippen molar-refractivity contribution in [3.8, 4) is 0 Å². The molecule has 3 heteroatoms. The van der Waals surface area contributed by atoms with Gasteiger partial charge in [0.05, 0.1) is 0 Å². The summed E-state index contributed by atoms with van der Waals surface area (Å²) in [5.74, 6) is -0.719. The van der Waals surface area contributed by atoms with Gasteiger partial charge in [0, 0.05) is 12.5 Å². The Balaban J connectivity index is 2.09. The lowest BCUT2D eigenvalue weighted by atomic mass is 10.1. The van der Waals surface area contributed by atoms with Crippen LogP contribution >= 0.6 is 0 Å². The van der Waals surface area contributed by atoms with Gasteiger partial charge in [-0.1, -0.05) is 30.3 Å². The van der Waals surface area contributed by atoms with Crippen LogP contribution in [0.25, 0.3) is 0 Å². The fourth-order valence-corrected chi connectivity index (χ4v) is 1.72. The highest BCUT2D eigenvalue weighted by Gasteiger charge is 2.02. The molecule has 1 atom stereocenters. The molecule has 1 aromatic rings. The molecule has 1 aromatic carbocycles. The van der Waals surface area contributed by atoms with Crippen molar-refractivity contribution in [3.05, 3.63) is 35.9 Å². The second kappa shape index (κ2) is 7.85. The average molecular weight is 235 g/mol. The van der Waals surface area contributed by atoms with E-state index < -0.39 is 5.97 Å². The SMILES string of the molecule is CC(CCc1ccccc1)NCCCC(=O)O. The van der Waals surface area contributed by atoms with Gasteiger partial charge in [-0.2, -0.15) is 0 Å². The van der Waals surface area contributed by atoms with E-state index in [-0.39, 0.29) is 6.42 Å². The van der Waals surface area contributed by atoms with Crippen molar-refractivity contribution in [3.63, 3.8) is 0 Å². The molecule has 0 aliphatic heterocycles. The zero-order valence-electron chi connectivity index (χ0n) is 10.4. The van der Waals surface area contributed by atoms with Crippen LogP contribution in [0.2, 0.25) is 0 Å². The lowest BCUT2D eigenvalue weighted by Gasteiger charge is -2.13. The molecule has 0 fully saturated rings. The molecular formula is C14H21NO2. The first-order valence-corrected chi connectivity index (χ1v) is 6.17. The summed E-state index contributed by atoms with van der Waals surface area (Å²) < 4.78 is 0. The zero-order valence-corrected chi connectivity index (χ0v) is 10.4. The fraction of sp³-hybridized carbons (Fsp3) is 0.500. The van der Waals surface area contributed by atoms with E-state index in [0.717, 1.165) is 19.4 Å². The van der Waals surface area contributed by atoms with Crippen LogP contribution in [0.3, 0.4) is 0 Å². The van der Waals surface area contributed by atoms with E-state index >= 15 is 0 Å². The summed E-state index contributed by atoms with van der Waals surface area (Å²) in [7, 11) is 0. The van der Waals surface area contributed by atoms with Crippen LogP contribution in [-0.4, -0.2) is 23.7 Å². The van der Waals surface area contributed by atoms with E-state index in [9.17, 15) is 4.79 Å². The van der Waals surface area contributed by atoms with Gasteiger partial charge >= 0.3 is 5.97 Å². The number of benzene rings is 1. The molecule has 1 rings (SSSR count). The first-order valence-electron chi connectivity index (χ1n) is 6.17. The zero-order chi connectivity index (χ0) is 12.5. The highest BCUT2D eigenvalue weighted by molar-refractivity contribution is 5.66. The summed E-state index contributed by atoms with van der Waals surface area (Å²) in [4.78, 5) is 10.3. The Bertz CT molecular complexity index is 324. The molecule has 0 aliphatic rings. The van der Waals surface area contributed by atoms with Gasteiger partial charge in [-0.25, -0.2) is 0 Å². The first-order chi connectivity index (χ1) is 8.18. The molecule has 0 aliphatic carbocycles. The average Bonchev–Trinajstić information content (AvgIpc) is 2.33. The summed E-state index contributed by atoms with van der Waals surface area (Å²) >= 11 is 0. The molecule has 0 radical (unpaired) electrons. The topological polar surface area (TPSA) is 49.3 Å². The lowest BCUT2D eigenvalue weighted by Crippen LogP contribution is -2.27. The summed E-state index contributed by atoms with van der Waals surface area (Å²) in [6.07, 6.45) is 3.09. The number of hydrogen-bond acceptors (Lipinski definition) is 2. The highest BCUT2D eigenvalue weighted by atomic mass is 16.4. The minimum atomic E-state index is -0.719. The molecular weight excluding hydrogens is 214 g/mol. The Morgan fingerprint density at radius 2 is 2.06 bits per heavy atom. The maximum absolute atomic E-state index is 10.3. The number of carboxylic acid groups (broad SMARTS) is 1. The van der Waals surface area contributed by atoms with Crippen LogP contribution < -0.4 is 5.32 Å². The van der Waals surface area contributed by atoms with Gasteiger partial charge in [0.1, 0.15) is 0 Å². The smallest absolute Gasteiger partial charge is 0.303 e. The summed E-state index contributed by atoms with van der Waals surface area (Å²) in [6, 6.07) is 10.8. The summed E-state index contributed by atoms with van der Waals surface area (Å²) in [5, 5.41) is 11.8. The molecule has 17 heavy (non-hydrogen) atoms. The van der Waals surface area contributed by atoms with Crippen LogP contribution in [0.1, 0.15) is 31.7 Å².